The Labute approximate surface area is 112 Å². The fraction of sp³-hybridized carbons (Fsp3) is 0.308. The Bertz CT molecular complexity index is 463. The lowest BCUT2D eigenvalue weighted by atomic mass is 10.0. The number of nitrogens with zero attached hydrogens (tertiary/aromatic N) is 1. The van der Waals surface area contributed by atoms with Gasteiger partial charge < -0.3 is 5.73 Å². The molecular formula is C13H17ClN2S. The van der Waals surface area contributed by atoms with E-state index in [0.29, 0.717) is 11.0 Å². The molecule has 0 saturated heterocycles. The molecule has 0 saturated carbocycles. The van der Waals surface area contributed by atoms with Crippen molar-refractivity contribution in [1.29, 1.82) is 0 Å². The molecule has 0 unspecified atom stereocenters. The Morgan fingerprint density at radius 3 is 2.35 bits per heavy atom. The van der Waals surface area contributed by atoms with Crippen LogP contribution in [-0.2, 0) is 6.42 Å². The van der Waals surface area contributed by atoms with Crippen LogP contribution in [0.1, 0.15) is 35.8 Å². The summed E-state index contributed by atoms with van der Waals surface area (Å²) in [5.41, 5.74) is 8.30. The highest BCUT2D eigenvalue weighted by atomic mass is 35.5. The molecule has 2 nitrogen and oxygen atoms in total. The molecule has 0 aliphatic heterocycles. The standard InChI is InChI=1S/C13H16N2S.ClH/c1-9(2)11-5-3-10(4-6-11)7-12-8-15-13(14)16-12;/h3-6,8-9H,7H2,1-2H3,(H2,14,15);1H. The second-order valence-electron chi connectivity index (χ2n) is 4.24. The maximum atomic E-state index is 5.60. The molecule has 0 bridgehead atoms. The van der Waals surface area contributed by atoms with Crippen LogP contribution in [-0.4, -0.2) is 4.98 Å². The second kappa shape index (κ2) is 6.03. The van der Waals surface area contributed by atoms with Gasteiger partial charge in [-0.1, -0.05) is 38.1 Å². The number of nitrogens with two attached hydrogens (primary N) is 1. The summed E-state index contributed by atoms with van der Waals surface area (Å²) >= 11 is 1.56. The van der Waals surface area contributed by atoms with E-state index in [1.807, 2.05) is 6.20 Å². The molecule has 1 heterocycles. The van der Waals surface area contributed by atoms with Gasteiger partial charge in [-0.05, 0) is 17.0 Å². The SMILES string of the molecule is CC(C)c1ccc(Cc2cnc(N)s2)cc1.Cl. The molecule has 0 radical (unpaired) electrons. The quantitative estimate of drug-likeness (QED) is 0.918. The number of benzene rings is 1. The number of anilines is 1. The average Bonchev–Trinajstić information content (AvgIpc) is 2.65. The number of thiazole rings is 1. The maximum absolute atomic E-state index is 5.60. The van der Waals surface area contributed by atoms with E-state index in [9.17, 15) is 0 Å². The van der Waals surface area contributed by atoms with Gasteiger partial charge in [0.2, 0.25) is 0 Å². The van der Waals surface area contributed by atoms with E-state index >= 15 is 0 Å². The lowest BCUT2D eigenvalue weighted by Gasteiger charge is -2.05. The van der Waals surface area contributed by atoms with Crippen molar-refractivity contribution in [1.82, 2.24) is 4.98 Å². The average molecular weight is 269 g/mol. The summed E-state index contributed by atoms with van der Waals surface area (Å²) in [6, 6.07) is 8.77. The summed E-state index contributed by atoms with van der Waals surface area (Å²) in [4.78, 5) is 5.27. The molecular weight excluding hydrogens is 252 g/mol. The summed E-state index contributed by atoms with van der Waals surface area (Å²) in [5, 5.41) is 0.647. The fourth-order valence-corrected chi connectivity index (χ4v) is 2.34. The molecule has 0 atom stereocenters. The van der Waals surface area contributed by atoms with Crippen LogP contribution in [0.3, 0.4) is 0 Å². The molecule has 1 aromatic carbocycles. The van der Waals surface area contributed by atoms with Crippen LogP contribution in [0, 0.1) is 0 Å². The normalized spacial score (nSPS) is 10.3. The number of hydrogen-bond donors (Lipinski definition) is 1. The van der Waals surface area contributed by atoms with E-state index in [1.165, 1.54) is 16.0 Å². The van der Waals surface area contributed by atoms with Crippen molar-refractivity contribution in [2.45, 2.75) is 26.2 Å². The van der Waals surface area contributed by atoms with Crippen LogP contribution in [0.4, 0.5) is 5.13 Å². The Morgan fingerprint density at radius 1 is 1.24 bits per heavy atom. The molecule has 0 aliphatic rings. The third kappa shape index (κ3) is 3.72. The van der Waals surface area contributed by atoms with Gasteiger partial charge in [-0.15, -0.1) is 23.7 Å². The van der Waals surface area contributed by atoms with Gasteiger partial charge in [-0.25, -0.2) is 4.98 Å². The van der Waals surface area contributed by atoms with E-state index in [4.69, 9.17) is 5.73 Å². The third-order valence-corrected chi connectivity index (χ3v) is 3.42. The Kier molecular flexibility index (Phi) is 4.97. The first-order valence-corrected chi connectivity index (χ1v) is 6.26. The number of aromatic nitrogens is 1. The van der Waals surface area contributed by atoms with E-state index in [-0.39, 0.29) is 12.4 Å². The highest BCUT2D eigenvalue weighted by molar-refractivity contribution is 7.15. The molecule has 17 heavy (non-hydrogen) atoms. The summed E-state index contributed by atoms with van der Waals surface area (Å²) in [6.45, 7) is 4.41. The highest BCUT2D eigenvalue weighted by Crippen LogP contribution is 2.20. The molecule has 2 N–H and O–H groups in total. The fourth-order valence-electron chi connectivity index (χ4n) is 1.63. The summed E-state index contributed by atoms with van der Waals surface area (Å²) < 4.78 is 0. The minimum Gasteiger partial charge on any atom is -0.375 e. The highest BCUT2D eigenvalue weighted by Gasteiger charge is 2.02. The van der Waals surface area contributed by atoms with Crippen molar-refractivity contribution in [3.05, 3.63) is 46.5 Å². The monoisotopic (exact) mass is 268 g/mol. The van der Waals surface area contributed by atoms with Gasteiger partial charge in [-0.2, -0.15) is 0 Å². The lowest BCUT2D eigenvalue weighted by Crippen LogP contribution is -1.89. The minimum absolute atomic E-state index is 0. The first-order chi connectivity index (χ1) is 7.65. The summed E-state index contributed by atoms with van der Waals surface area (Å²) in [7, 11) is 0. The second-order valence-corrected chi connectivity index (χ2v) is 5.38. The van der Waals surface area contributed by atoms with Crippen molar-refractivity contribution >= 4 is 28.9 Å². The predicted octanol–water partition coefficient (Wildman–Crippen LogP) is 3.86. The van der Waals surface area contributed by atoms with Crippen LogP contribution in [0.15, 0.2) is 30.5 Å². The van der Waals surface area contributed by atoms with Crippen molar-refractivity contribution in [3.63, 3.8) is 0 Å². The summed E-state index contributed by atoms with van der Waals surface area (Å²) in [6.07, 6.45) is 2.78. The molecule has 2 rings (SSSR count). The van der Waals surface area contributed by atoms with E-state index in [2.05, 4.69) is 43.1 Å². The van der Waals surface area contributed by atoms with Crippen LogP contribution < -0.4 is 5.73 Å². The molecule has 0 aliphatic carbocycles. The van der Waals surface area contributed by atoms with Gasteiger partial charge in [0.1, 0.15) is 0 Å². The zero-order valence-electron chi connectivity index (χ0n) is 10.0. The molecule has 0 amide bonds. The third-order valence-electron chi connectivity index (χ3n) is 2.60. The number of hydrogen-bond acceptors (Lipinski definition) is 3. The van der Waals surface area contributed by atoms with Crippen molar-refractivity contribution in [3.8, 4) is 0 Å². The molecule has 1 aromatic heterocycles. The zero-order chi connectivity index (χ0) is 11.5. The Morgan fingerprint density at radius 2 is 1.88 bits per heavy atom. The summed E-state index contributed by atoms with van der Waals surface area (Å²) in [5.74, 6) is 0.591. The Balaban J connectivity index is 0.00000144. The van der Waals surface area contributed by atoms with Crippen molar-refractivity contribution in [2.75, 3.05) is 5.73 Å². The lowest BCUT2D eigenvalue weighted by molar-refractivity contribution is 0.865. The maximum Gasteiger partial charge on any atom is 0.180 e. The molecule has 0 fully saturated rings. The van der Waals surface area contributed by atoms with Crippen LogP contribution in [0.25, 0.3) is 0 Å². The van der Waals surface area contributed by atoms with Gasteiger partial charge in [0, 0.05) is 17.5 Å². The minimum atomic E-state index is 0. The largest absolute Gasteiger partial charge is 0.375 e. The van der Waals surface area contributed by atoms with Gasteiger partial charge in [0.25, 0.3) is 0 Å². The molecule has 2 aromatic rings. The number of halogens is 1. The zero-order valence-corrected chi connectivity index (χ0v) is 11.6. The van der Waals surface area contributed by atoms with Gasteiger partial charge in [0.05, 0.1) is 0 Å². The molecule has 92 valence electrons. The topological polar surface area (TPSA) is 38.9 Å². The Hall–Kier alpha value is -1.06. The van der Waals surface area contributed by atoms with E-state index in [1.54, 1.807) is 11.3 Å². The number of rotatable bonds is 3. The van der Waals surface area contributed by atoms with Crippen molar-refractivity contribution in [2.24, 2.45) is 0 Å². The van der Waals surface area contributed by atoms with Gasteiger partial charge >= 0.3 is 0 Å². The van der Waals surface area contributed by atoms with Crippen LogP contribution in [0.5, 0.6) is 0 Å². The van der Waals surface area contributed by atoms with E-state index in [0.717, 1.165) is 6.42 Å². The number of nitrogen functional groups attached to an aromatic ring is 1. The van der Waals surface area contributed by atoms with Crippen molar-refractivity contribution < 1.29 is 0 Å². The first-order valence-electron chi connectivity index (χ1n) is 5.44. The first kappa shape index (κ1) is 14.0. The van der Waals surface area contributed by atoms with Crippen LogP contribution in [0.2, 0.25) is 0 Å². The predicted molar refractivity (Wildman–Crippen MR) is 77.1 cm³/mol. The molecule has 0 spiro atoms. The molecule has 4 heteroatoms. The smallest absolute Gasteiger partial charge is 0.180 e. The van der Waals surface area contributed by atoms with E-state index < -0.39 is 0 Å². The van der Waals surface area contributed by atoms with Gasteiger partial charge in [0.15, 0.2) is 5.13 Å². The van der Waals surface area contributed by atoms with Crippen LogP contribution >= 0.6 is 23.7 Å². The van der Waals surface area contributed by atoms with Gasteiger partial charge in [-0.3, -0.25) is 0 Å².